The molecule has 1 saturated carbocycles. The fourth-order valence-electron chi connectivity index (χ4n) is 9.78. The lowest BCUT2D eigenvalue weighted by molar-refractivity contribution is -0.265. The number of esters is 1. The molecule has 13 heteroatoms. The van der Waals surface area contributed by atoms with E-state index in [2.05, 4.69) is 0 Å². The fourth-order valence-corrected chi connectivity index (χ4v) is 9.78. The number of amides is 1. The van der Waals surface area contributed by atoms with E-state index in [1.807, 2.05) is 58.1 Å². The van der Waals surface area contributed by atoms with Crippen LogP contribution in [-0.4, -0.2) is 119 Å². The number of fused-ring (bicyclic) bond motifs is 3. The second-order valence-electron chi connectivity index (χ2n) is 19.3. The van der Waals surface area contributed by atoms with Crippen LogP contribution in [0.5, 0.6) is 0 Å². The summed E-state index contributed by atoms with van der Waals surface area (Å²) in [5.41, 5.74) is 1.39. The first-order valence-electron chi connectivity index (χ1n) is 23.4. The highest BCUT2D eigenvalue weighted by Crippen LogP contribution is 2.37. The maximum Gasteiger partial charge on any atom is 0.329 e. The van der Waals surface area contributed by atoms with Crippen LogP contribution in [0.3, 0.4) is 0 Å². The molecule has 354 valence electrons. The van der Waals surface area contributed by atoms with Crippen molar-refractivity contribution >= 4 is 29.2 Å². The lowest BCUT2D eigenvalue weighted by atomic mass is 9.78. The van der Waals surface area contributed by atoms with Gasteiger partial charge < -0.3 is 39.2 Å². The first-order chi connectivity index (χ1) is 29.8. The number of carbonyl (C=O) groups is 5. The number of ketones is 3. The van der Waals surface area contributed by atoms with E-state index >= 15 is 0 Å². The molecule has 13 nitrogen and oxygen atoms in total. The van der Waals surface area contributed by atoms with Crippen molar-refractivity contribution < 1.29 is 58.2 Å². The topological polar surface area (TPSA) is 186 Å². The summed E-state index contributed by atoms with van der Waals surface area (Å²) in [6, 6.07) is -1.12. The molecular formula is C50H77NO12. The van der Waals surface area contributed by atoms with Gasteiger partial charge in [0, 0.05) is 57.8 Å². The number of hydrogen-bond acceptors (Lipinski definition) is 12. The Bertz CT molecular complexity index is 1700. The molecule has 63 heavy (non-hydrogen) atoms. The van der Waals surface area contributed by atoms with Crippen molar-refractivity contribution in [3.63, 3.8) is 0 Å². The van der Waals surface area contributed by atoms with E-state index in [0.29, 0.717) is 63.4 Å². The summed E-state index contributed by atoms with van der Waals surface area (Å²) in [5.74, 6) is -7.36. The highest BCUT2D eigenvalue weighted by Gasteiger charge is 2.53. The van der Waals surface area contributed by atoms with Gasteiger partial charge in [-0.05, 0) is 107 Å². The van der Waals surface area contributed by atoms with Gasteiger partial charge in [-0.3, -0.25) is 19.2 Å². The second kappa shape index (κ2) is 24.3. The third-order valence-corrected chi connectivity index (χ3v) is 14.2. The fraction of sp³-hybridized carbons (Fsp3) is 0.740. The summed E-state index contributed by atoms with van der Waals surface area (Å²) in [6.07, 6.45) is 13.0. The first kappa shape index (κ1) is 52.3. The molecule has 3 heterocycles. The number of hydrogen-bond donors (Lipinski definition) is 3. The van der Waals surface area contributed by atoms with E-state index in [-0.39, 0.29) is 67.1 Å². The number of Topliss-reactive ketones (excluding diaryl/α,β-unsaturated/α-hetero) is 3. The van der Waals surface area contributed by atoms with Crippen molar-refractivity contribution in [3.05, 3.63) is 47.6 Å². The van der Waals surface area contributed by atoms with Crippen LogP contribution in [0.25, 0.3) is 0 Å². The van der Waals surface area contributed by atoms with E-state index in [0.717, 1.165) is 12.0 Å². The van der Waals surface area contributed by atoms with Crippen LogP contribution >= 0.6 is 0 Å². The summed E-state index contributed by atoms with van der Waals surface area (Å²) in [7, 11) is 3.15. The maximum absolute atomic E-state index is 14.3. The van der Waals surface area contributed by atoms with Gasteiger partial charge in [-0.2, -0.15) is 0 Å². The Hall–Kier alpha value is -3.33. The van der Waals surface area contributed by atoms with E-state index in [9.17, 15) is 39.3 Å². The van der Waals surface area contributed by atoms with Crippen LogP contribution in [0.2, 0.25) is 0 Å². The molecule has 0 spiro atoms. The van der Waals surface area contributed by atoms with Crippen LogP contribution in [0.15, 0.2) is 47.6 Å². The van der Waals surface area contributed by atoms with Crippen LogP contribution in [-0.2, 0) is 42.9 Å². The van der Waals surface area contributed by atoms with Gasteiger partial charge in [-0.1, -0.05) is 71.1 Å². The zero-order valence-electron chi connectivity index (χ0n) is 39.3. The smallest absolute Gasteiger partial charge is 0.329 e. The Morgan fingerprint density at radius 3 is 2.27 bits per heavy atom. The molecule has 3 fully saturated rings. The minimum Gasteiger partial charge on any atom is -0.460 e. The van der Waals surface area contributed by atoms with Crippen molar-refractivity contribution in [1.82, 2.24) is 4.90 Å². The molecule has 1 amide bonds. The maximum atomic E-state index is 14.3. The van der Waals surface area contributed by atoms with Crippen LogP contribution < -0.4 is 0 Å². The van der Waals surface area contributed by atoms with Crippen molar-refractivity contribution in [2.24, 2.45) is 35.5 Å². The molecule has 2 saturated heterocycles. The van der Waals surface area contributed by atoms with Gasteiger partial charge in [-0.15, -0.1) is 0 Å². The van der Waals surface area contributed by atoms with Crippen molar-refractivity contribution in [1.29, 1.82) is 0 Å². The highest BCUT2D eigenvalue weighted by atomic mass is 16.6. The second-order valence-corrected chi connectivity index (χ2v) is 19.3. The van der Waals surface area contributed by atoms with Gasteiger partial charge in [0.1, 0.15) is 23.7 Å². The average Bonchev–Trinajstić information content (AvgIpc) is 3.25. The molecular weight excluding hydrogens is 807 g/mol. The number of cyclic esters (lactones) is 1. The quantitative estimate of drug-likeness (QED) is 0.154. The molecule has 2 bridgehead atoms. The summed E-state index contributed by atoms with van der Waals surface area (Å²) in [6.45, 7) is 12.9. The monoisotopic (exact) mass is 884 g/mol. The summed E-state index contributed by atoms with van der Waals surface area (Å²) >= 11 is 0. The highest BCUT2D eigenvalue weighted by molar-refractivity contribution is 6.39. The molecule has 3 N–H and O–H groups in total. The molecule has 14 atom stereocenters. The van der Waals surface area contributed by atoms with Gasteiger partial charge in [-0.25, -0.2) is 4.79 Å². The largest absolute Gasteiger partial charge is 0.460 e. The normalized spacial score (nSPS) is 38.8. The molecule has 2 unspecified atom stereocenters. The molecule has 0 radical (unpaired) electrons. The number of methoxy groups -OCH3 is 2. The predicted octanol–water partition coefficient (Wildman–Crippen LogP) is 6.56. The third kappa shape index (κ3) is 14.3. The minimum atomic E-state index is -2.42. The number of carbonyl (C=O) groups excluding carboxylic acids is 5. The Kier molecular flexibility index (Phi) is 20.1. The Morgan fingerprint density at radius 1 is 0.841 bits per heavy atom. The number of allylic oxidation sites excluding steroid dienone is 6. The summed E-state index contributed by atoms with van der Waals surface area (Å²) < 4.78 is 23.8. The number of nitrogens with zero attached hydrogens (tertiary/aromatic N) is 1. The van der Waals surface area contributed by atoms with E-state index in [1.54, 1.807) is 41.1 Å². The summed E-state index contributed by atoms with van der Waals surface area (Å²) in [5, 5.41) is 33.5. The molecule has 4 rings (SSSR count). The van der Waals surface area contributed by atoms with Gasteiger partial charge in [0.2, 0.25) is 5.79 Å². The van der Waals surface area contributed by atoms with E-state index in [4.69, 9.17) is 18.9 Å². The number of aliphatic hydroxyl groups excluding tert-OH is 2. The molecule has 3 aliphatic heterocycles. The third-order valence-electron chi connectivity index (χ3n) is 14.2. The van der Waals surface area contributed by atoms with Gasteiger partial charge in [0.15, 0.2) is 0 Å². The van der Waals surface area contributed by atoms with Gasteiger partial charge >= 0.3 is 5.97 Å². The molecule has 0 aromatic heterocycles. The molecule has 0 aromatic rings. The van der Waals surface area contributed by atoms with Crippen LogP contribution in [0.1, 0.15) is 132 Å². The van der Waals surface area contributed by atoms with E-state index < -0.39 is 71.8 Å². The van der Waals surface area contributed by atoms with Crippen molar-refractivity contribution in [2.45, 2.75) is 180 Å². The Labute approximate surface area is 375 Å². The van der Waals surface area contributed by atoms with Crippen LogP contribution in [0, 0.1) is 35.5 Å². The van der Waals surface area contributed by atoms with Gasteiger partial charge in [0.05, 0.1) is 30.5 Å². The number of piperidine rings is 1. The number of rotatable bonds is 5. The van der Waals surface area contributed by atoms with Crippen molar-refractivity contribution in [2.75, 3.05) is 20.8 Å². The zero-order valence-corrected chi connectivity index (χ0v) is 39.3. The van der Waals surface area contributed by atoms with Crippen molar-refractivity contribution in [3.8, 4) is 0 Å². The molecule has 4 aliphatic rings. The Balaban J connectivity index is 1.67. The van der Waals surface area contributed by atoms with Crippen LogP contribution in [0.4, 0.5) is 0 Å². The minimum absolute atomic E-state index is 0.0725. The average molecular weight is 884 g/mol. The number of aliphatic hydroxyl groups is 3. The lowest BCUT2D eigenvalue weighted by Crippen LogP contribution is -2.61. The lowest BCUT2D eigenvalue weighted by Gasteiger charge is -2.42. The first-order valence-corrected chi connectivity index (χ1v) is 23.4. The Morgan fingerprint density at radius 2 is 1.57 bits per heavy atom. The summed E-state index contributed by atoms with van der Waals surface area (Å²) in [4.78, 5) is 71.1. The SMILES string of the molecule is CO[C@H]1C[C@@H]2CC[C@@H](C)[C@@](O)(O2)C(=O)C(=O)N2CCCCC2C(=O)O[C@H]([C@H](C)CC2CC[C@@H](O)[C@H](OC)C2)CC(=O)[C@H](C)/C=C(\C)[C@@H](O)CC(=O)[C@H](C)C[C@H](C)/C=C/C=CC=C1C. The number of ether oxygens (including phenoxy) is 4. The standard InChI is InChI=1S/C50H77NO12/c1-30-15-11-10-12-16-31(2)44(60-8)27-38-20-18-36(7)50(59,63-38)47(56)48(57)51-22-14-13-17-39(51)49(58)62-45(35(6)25-37-19-21-40(52)46(26-37)61-9)29-43(55)34(5)24-33(4)42(54)28-41(53)32(3)23-30/h10-12,15-16,24,30,32,34-40,42,44-46,52,54,59H,13-14,17-23,25-29H2,1-9H3/b12-10?,15-11+,31-16?,33-24+/t30-,32-,34-,35-,36-,37?,38+,39?,40-,42+,44+,45+,46-,50-/m1/s1. The molecule has 1 aliphatic carbocycles. The predicted molar refractivity (Wildman–Crippen MR) is 239 cm³/mol. The van der Waals surface area contributed by atoms with Gasteiger partial charge in [0.25, 0.3) is 11.7 Å². The molecule has 0 aromatic carbocycles. The zero-order chi connectivity index (χ0) is 46.6. The van der Waals surface area contributed by atoms with E-state index in [1.165, 1.54) is 4.90 Å².